The molecule has 0 unspecified atom stereocenters. The minimum absolute atomic E-state index is 0.423. The van der Waals surface area contributed by atoms with Crippen LogP contribution in [0.15, 0.2) is 30.9 Å². The number of hydrogen-bond acceptors (Lipinski definition) is 6. The van der Waals surface area contributed by atoms with Crippen LogP contribution in [0.25, 0.3) is 11.3 Å². The van der Waals surface area contributed by atoms with Crippen molar-refractivity contribution >= 4 is 5.95 Å². The molecule has 2 saturated carbocycles. The summed E-state index contributed by atoms with van der Waals surface area (Å²) in [5.74, 6) is 1.54. The molecule has 3 N–H and O–H groups in total. The van der Waals surface area contributed by atoms with Gasteiger partial charge in [0.15, 0.2) is 0 Å². The number of H-pyrrole nitrogens is 1. The van der Waals surface area contributed by atoms with Crippen LogP contribution >= 0.6 is 0 Å². The minimum Gasteiger partial charge on any atom is -0.351 e. The number of anilines is 1. The summed E-state index contributed by atoms with van der Waals surface area (Å²) in [6.07, 6.45) is 15.9. The summed E-state index contributed by atoms with van der Waals surface area (Å²) in [7, 11) is 2.03. The van der Waals surface area contributed by atoms with E-state index in [0.29, 0.717) is 12.1 Å². The van der Waals surface area contributed by atoms with Crippen LogP contribution in [0.3, 0.4) is 0 Å². The summed E-state index contributed by atoms with van der Waals surface area (Å²) in [6.45, 7) is 0.874. The number of hydrogen-bond donors (Lipinski definition) is 3. The zero-order valence-corrected chi connectivity index (χ0v) is 17.5. The molecule has 2 aliphatic carbocycles. The molecule has 0 spiro atoms. The Morgan fingerprint density at radius 1 is 1.10 bits per heavy atom. The zero-order chi connectivity index (χ0) is 20.3. The smallest absolute Gasteiger partial charge is 0.223 e. The minimum atomic E-state index is 0.423. The van der Waals surface area contributed by atoms with Crippen molar-refractivity contribution in [2.45, 2.75) is 63.6 Å². The van der Waals surface area contributed by atoms with E-state index in [-0.39, 0.29) is 0 Å². The third-order valence-corrected chi connectivity index (χ3v) is 6.38. The maximum absolute atomic E-state index is 4.83. The second kappa shape index (κ2) is 8.55. The second-order valence-corrected chi connectivity index (χ2v) is 8.72. The van der Waals surface area contributed by atoms with Gasteiger partial charge in [-0.2, -0.15) is 10.2 Å². The summed E-state index contributed by atoms with van der Waals surface area (Å²) in [5.41, 5.74) is 4.59. The normalized spacial score (nSPS) is 21.6. The molecule has 0 atom stereocenters. The lowest BCUT2D eigenvalue weighted by Crippen LogP contribution is -2.36. The van der Waals surface area contributed by atoms with Crippen LogP contribution in [0.5, 0.6) is 0 Å². The van der Waals surface area contributed by atoms with Crippen LogP contribution in [-0.4, -0.2) is 42.0 Å². The lowest BCUT2D eigenvalue weighted by atomic mass is 9.91. The predicted octanol–water partition coefficient (Wildman–Crippen LogP) is 3.07. The molecule has 2 aliphatic rings. The van der Waals surface area contributed by atoms with E-state index in [9.17, 15) is 0 Å². The highest BCUT2D eigenvalue weighted by atomic mass is 15.3. The van der Waals surface area contributed by atoms with Gasteiger partial charge in [0.1, 0.15) is 0 Å². The summed E-state index contributed by atoms with van der Waals surface area (Å²) in [6, 6.07) is 2.98. The molecule has 0 bridgehead atoms. The maximum atomic E-state index is 4.83. The van der Waals surface area contributed by atoms with Gasteiger partial charge in [-0.15, -0.1) is 0 Å². The Labute approximate surface area is 176 Å². The van der Waals surface area contributed by atoms with Gasteiger partial charge in [0.05, 0.1) is 18.1 Å². The average molecular weight is 407 g/mol. The quantitative estimate of drug-likeness (QED) is 0.532. The average Bonchev–Trinajstić information content (AvgIpc) is 3.29. The molecule has 0 aliphatic heterocycles. The van der Waals surface area contributed by atoms with E-state index in [1.54, 1.807) is 0 Å². The summed E-state index contributed by atoms with van der Waals surface area (Å²) >= 11 is 0. The van der Waals surface area contributed by atoms with Gasteiger partial charge in [-0.25, -0.2) is 9.97 Å². The number of nitrogens with zero attached hydrogens (tertiary/aromatic N) is 5. The van der Waals surface area contributed by atoms with E-state index in [1.165, 1.54) is 24.1 Å². The highest BCUT2D eigenvalue weighted by molar-refractivity contribution is 5.62. The molecule has 158 valence electrons. The first-order valence-corrected chi connectivity index (χ1v) is 11.1. The van der Waals surface area contributed by atoms with Gasteiger partial charge in [-0.3, -0.25) is 9.78 Å². The van der Waals surface area contributed by atoms with E-state index in [2.05, 4.69) is 30.9 Å². The van der Waals surface area contributed by atoms with Gasteiger partial charge in [-0.1, -0.05) is 0 Å². The van der Waals surface area contributed by atoms with Crippen molar-refractivity contribution < 1.29 is 0 Å². The summed E-state index contributed by atoms with van der Waals surface area (Å²) in [4.78, 5) is 9.31. The van der Waals surface area contributed by atoms with Crippen molar-refractivity contribution in [3.8, 4) is 11.3 Å². The van der Waals surface area contributed by atoms with E-state index in [0.717, 1.165) is 61.8 Å². The van der Waals surface area contributed by atoms with Gasteiger partial charge in [-0.05, 0) is 56.9 Å². The topological polar surface area (TPSA) is 96.3 Å². The Morgan fingerprint density at radius 2 is 1.93 bits per heavy atom. The molecule has 3 aromatic heterocycles. The standard InChI is InChI=1S/C22H30N8/c1-30-21(10-15-2-3-15)19(14-27-30)20-8-9-23-22(29-20)28-18-6-4-17(5-7-18)24-11-16-12-25-26-13-16/h8-9,12-15,17-18,24H,2-7,10-11H2,1H3,(H,25,26)(H,23,28,29)/t17-,18+. The third-order valence-electron chi connectivity index (χ3n) is 6.38. The van der Waals surface area contributed by atoms with Gasteiger partial charge in [0, 0.05) is 54.9 Å². The second-order valence-electron chi connectivity index (χ2n) is 8.72. The first-order valence-electron chi connectivity index (χ1n) is 11.1. The highest BCUT2D eigenvalue weighted by Crippen LogP contribution is 2.35. The Hall–Kier alpha value is -2.74. The monoisotopic (exact) mass is 406 g/mol. The first kappa shape index (κ1) is 19.2. The van der Waals surface area contributed by atoms with Crippen molar-refractivity contribution in [1.29, 1.82) is 0 Å². The Balaban J connectivity index is 1.18. The Bertz CT molecular complexity index is 951. The molecule has 0 aromatic carbocycles. The molecule has 8 nitrogen and oxygen atoms in total. The molecule has 0 saturated heterocycles. The maximum Gasteiger partial charge on any atom is 0.223 e. The first-order chi connectivity index (χ1) is 14.7. The van der Waals surface area contributed by atoms with Crippen molar-refractivity contribution in [3.63, 3.8) is 0 Å². The molecular formula is C22H30N8. The number of rotatable bonds is 8. The van der Waals surface area contributed by atoms with Crippen LogP contribution in [0.1, 0.15) is 49.8 Å². The number of aromatic amines is 1. The van der Waals surface area contributed by atoms with Gasteiger partial charge in [0.2, 0.25) is 5.95 Å². The fourth-order valence-electron chi connectivity index (χ4n) is 4.35. The zero-order valence-electron chi connectivity index (χ0n) is 17.5. The van der Waals surface area contributed by atoms with Gasteiger partial charge >= 0.3 is 0 Å². The van der Waals surface area contributed by atoms with Crippen LogP contribution < -0.4 is 10.6 Å². The van der Waals surface area contributed by atoms with Crippen LogP contribution in [-0.2, 0) is 20.0 Å². The molecular weight excluding hydrogens is 376 g/mol. The molecule has 0 radical (unpaired) electrons. The van der Waals surface area contributed by atoms with Crippen molar-refractivity contribution in [3.05, 3.63) is 42.1 Å². The Kier molecular flexibility index (Phi) is 5.48. The third kappa shape index (κ3) is 4.53. The molecule has 3 aromatic rings. The number of nitrogens with one attached hydrogen (secondary N) is 3. The van der Waals surface area contributed by atoms with E-state index in [4.69, 9.17) is 4.98 Å². The van der Waals surface area contributed by atoms with Crippen LogP contribution in [0.2, 0.25) is 0 Å². The number of aromatic nitrogens is 6. The fraction of sp³-hybridized carbons (Fsp3) is 0.545. The SMILES string of the molecule is Cn1ncc(-c2ccnc(N[C@H]3CC[C@@H](NCc4cn[nH]c4)CC3)n2)c1CC1CC1. The molecule has 3 heterocycles. The van der Waals surface area contributed by atoms with E-state index in [1.807, 2.05) is 42.6 Å². The Morgan fingerprint density at radius 3 is 2.70 bits per heavy atom. The molecule has 30 heavy (non-hydrogen) atoms. The fourth-order valence-corrected chi connectivity index (χ4v) is 4.35. The van der Waals surface area contributed by atoms with Crippen LogP contribution in [0, 0.1) is 5.92 Å². The number of aryl methyl sites for hydroxylation is 1. The van der Waals surface area contributed by atoms with Gasteiger partial charge < -0.3 is 10.6 Å². The van der Waals surface area contributed by atoms with E-state index >= 15 is 0 Å². The van der Waals surface area contributed by atoms with Crippen molar-refractivity contribution in [2.75, 3.05) is 5.32 Å². The van der Waals surface area contributed by atoms with Gasteiger partial charge in [0.25, 0.3) is 0 Å². The lowest BCUT2D eigenvalue weighted by Gasteiger charge is -2.29. The molecule has 0 amide bonds. The predicted molar refractivity (Wildman–Crippen MR) is 116 cm³/mol. The summed E-state index contributed by atoms with van der Waals surface area (Å²) < 4.78 is 2.00. The summed E-state index contributed by atoms with van der Waals surface area (Å²) in [5, 5.41) is 18.6. The highest BCUT2D eigenvalue weighted by Gasteiger charge is 2.26. The van der Waals surface area contributed by atoms with Crippen LogP contribution in [0.4, 0.5) is 5.95 Å². The van der Waals surface area contributed by atoms with Crippen molar-refractivity contribution in [1.82, 2.24) is 35.3 Å². The van der Waals surface area contributed by atoms with Crippen molar-refractivity contribution in [2.24, 2.45) is 13.0 Å². The molecule has 8 heteroatoms. The lowest BCUT2D eigenvalue weighted by molar-refractivity contribution is 0.352. The molecule has 5 rings (SSSR count). The largest absolute Gasteiger partial charge is 0.351 e. The molecule has 2 fully saturated rings. The van der Waals surface area contributed by atoms with E-state index < -0.39 is 0 Å².